The summed E-state index contributed by atoms with van der Waals surface area (Å²) in [5, 5.41) is 11.3. The van der Waals surface area contributed by atoms with Crippen LogP contribution in [0.15, 0.2) is 47.1 Å². The van der Waals surface area contributed by atoms with Gasteiger partial charge in [-0.05, 0) is 52.2 Å². The van der Waals surface area contributed by atoms with Crippen LogP contribution in [0.3, 0.4) is 0 Å². The van der Waals surface area contributed by atoms with E-state index < -0.39 is 35.5 Å². The van der Waals surface area contributed by atoms with Crippen molar-refractivity contribution in [1.82, 2.24) is 0 Å². The van der Waals surface area contributed by atoms with Crippen LogP contribution in [0.2, 0.25) is 0 Å². The molecule has 140 valence electrons. The van der Waals surface area contributed by atoms with Crippen molar-refractivity contribution in [1.29, 1.82) is 0 Å². The fourth-order valence-electron chi connectivity index (χ4n) is 2.91. The van der Waals surface area contributed by atoms with Gasteiger partial charge in [-0.1, -0.05) is 24.3 Å². The SMILES string of the molecule is C=C1C(=O)OC2C=C(C)CCC=C(C)C(=O)C(OC(=O)C(C)=CC)C12O. The van der Waals surface area contributed by atoms with E-state index in [1.54, 1.807) is 26.0 Å². The van der Waals surface area contributed by atoms with Gasteiger partial charge in [-0.3, -0.25) is 4.79 Å². The Morgan fingerprint density at radius 3 is 2.69 bits per heavy atom. The predicted molar refractivity (Wildman–Crippen MR) is 95.0 cm³/mol. The normalized spacial score (nSPS) is 30.2. The van der Waals surface area contributed by atoms with Gasteiger partial charge in [0.25, 0.3) is 0 Å². The number of ketones is 1. The smallest absolute Gasteiger partial charge is 0.337 e. The number of hydrogen-bond acceptors (Lipinski definition) is 6. The molecule has 0 aromatic heterocycles. The molecule has 3 atom stereocenters. The fourth-order valence-corrected chi connectivity index (χ4v) is 2.91. The predicted octanol–water partition coefficient (Wildman–Crippen LogP) is 2.33. The van der Waals surface area contributed by atoms with E-state index in [2.05, 4.69) is 6.58 Å². The first kappa shape index (κ1) is 19.8. The van der Waals surface area contributed by atoms with Gasteiger partial charge in [0.2, 0.25) is 11.9 Å². The number of Topliss-reactive ketones (excluding diaryl/α,β-unsaturated/α-hetero) is 1. The monoisotopic (exact) mass is 360 g/mol. The van der Waals surface area contributed by atoms with Crippen molar-refractivity contribution >= 4 is 17.7 Å². The van der Waals surface area contributed by atoms with E-state index in [0.29, 0.717) is 18.4 Å². The van der Waals surface area contributed by atoms with E-state index in [9.17, 15) is 19.5 Å². The van der Waals surface area contributed by atoms with Gasteiger partial charge >= 0.3 is 11.9 Å². The van der Waals surface area contributed by atoms with E-state index in [1.807, 2.05) is 6.92 Å². The van der Waals surface area contributed by atoms with E-state index >= 15 is 0 Å². The highest BCUT2D eigenvalue weighted by Crippen LogP contribution is 2.39. The molecule has 3 unspecified atom stereocenters. The number of esters is 2. The second kappa shape index (κ2) is 7.41. The molecule has 6 nitrogen and oxygen atoms in total. The third kappa shape index (κ3) is 3.42. The molecule has 6 heteroatoms. The van der Waals surface area contributed by atoms with Crippen LogP contribution in [-0.4, -0.2) is 40.6 Å². The number of rotatable bonds is 2. The minimum absolute atomic E-state index is 0.277. The molecule has 2 rings (SSSR count). The molecule has 26 heavy (non-hydrogen) atoms. The van der Waals surface area contributed by atoms with Crippen molar-refractivity contribution in [3.63, 3.8) is 0 Å². The fraction of sp³-hybridized carbons (Fsp3) is 0.450. The maximum atomic E-state index is 12.9. The summed E-state index contributed by atoms with van der Waals surface area (Å²) >= 11 is 0. The van der Waals surface area contributed by atoms with E-state index in [4.69, 9.17) is 9.47 Å². The molecule has 0 aromatic carbocycles. The van der Waals surface area contributed by atoms with Gasteiger partial charge in [0, 0.05) is 5.57 Å². The van der Waals surface area contributed by atoms with Crippen molar-refractivity contribution in [3.8, 4) is 0 Å². The zero-order chi connectivity index (χ0) is 19.6. The molecule has 1 heterocycles. The van der Waals surface area contributed by atoms with Gasteiger partial charge < -0.3 is 14.6 Å². The number of carbonyl (C=O) groups excluding carboxylic acids is 3. The third-order valence-electron chi connectivity index (χ3n) is 4.83. The Labute approximate surface area is 152 Å². The molecule has 1 aliphatic carbocycles. The summed E-state index contributed by atoms with van der Waals surface area (Å²) in [4.78, 5) is 37.3. The minimum atomic E-state index is -2.16. The molecule has 2 aliphatic rings. The van der Waals surface area contributed by atoms with Gasteiger partial charge in [0.15, 0.2) is 11.7 Å². The molecule has 0 saturated carbocycles. The number of hydrogen-bond donors (Lipinski definition) is 1. The van der Waals surface area contributed by atoms with Crippen LogP contribution in [0.4, 0.5) is 0 Å². The zero-order valence-corrected chi connectivity index (χ0v) is 15.5. The van der Waals surface area contributed by atoms with Crippen LogP contribution in [0, 0.1) is 0 Å². The average Bonchev–Trinajstić information content (AvgIpc) is 2.81. The van der Waals surface area contributed by atoms with Crippen molar-refractivity contribution in [2.75, 3.05) is 0 Å². The summed E-state index contributed by atoms with van der Waals surface area (Å²) in [7, 11) is 0. The molecular weight excluding hydrogens is 336 g/mol. The molecule has 0 amide bonds. The molecule has 1 saturated heterocycles. The van der Waals surface area contributed by atoms with Gasteiger partial charge in [-0.15, -0.1) is 0 Å². The number of allylic oxidation sites excluding steroid dienone is 3. The van der Waals surface area contributed by atoms with Gasteiger partial charge in [-0.25, -0.2) is 9.59 Å². The highest BCUT2D eigenvalue weighted by Gasteiger charge is 2.60. The minimum Gasteiger partial charge on any atom is -0.451 e. The van der Waals surface area contributed by atoms with Gasteiger partial charge in [-0.2, -0.15) is 0 Å². The summed E-state index contributed by atoms with van der Waals surface area (Å²) in [6.45, 7) is 10.2. The lowest BCUT2D eigenvalue weighted by molar-refractivity contribution is -0.168. The summed E-state index contributed by atoms with van der Waals surface area (Å²) < 4.78 is 10.6. The maximum Gasteiger partial charge on any atom is 0.337 e. The molecule has 0 radical (unpaired) electrons. The van der Waals surface area contributed by atoms with Crippen molar-refractivity contribution in [2.45, 2.75) is 58.3 Å². The first-order valence-corrected chi connectivity index (χ1v) is 8.47. The Balaban J connectivity index is 2.61. The van der Waals surface area contributed by atoms with Crippen LogP contribution in [0.25, 0.3) is 0 Å². The van der Waals surface area contributed by atoms with Crippen LogP contribution in [0.1, 0.15) is 40.5 Å². The zero-order valence-electron chi connectivity index (χ0n) is 15.5. The molecule has 0 aromatic rings. The topological polar surface area (TPSA) is 89.9 Å². The average molecular weight is 360 g/mol. The van der Waals surface area contributed by atoms with Crippen molar-refractivity contribution in [3.05, 3.63) is 47.1 Å². The first-order chi connectivity index (χ1) is 12.1. The number of ether oxygens (including phenoxy) is 2. The van der Waals surface area contributed by atoms with Gasteiger partial charge in [0.1, 0.15) is 0 Å². The van der Waals surface area contributed by atoms with Crippen LogP contribution in [0.5, 0.6) is 0 Å². The standard InChI is InChI=1S/C20H24O6/c1-6-12(3)18(22)26-17-16(21)13(4)9-7-8-11(2)10-15-20(17,24)14(5)19(23)25-15/h6,9-10,15,17,24H,5,7-8H2,1-4H3. The summed E-state index contributed by atoms with van der Waals surface area (Å²) in [6, 6.07) is 0. The quantitative estimate of drug-likeness (QED) is 0.462. The van der Waals surface area contributed by atoms with Crippen LogP contribution in [-0.2, 0) is 23.9 Å². The summed E-state index contributed by atoms with van der Waals surface area (Å²) in [5.74, 6) is -2.16. The van der Waals surface area contributed by atoms with Crippen molar-refractivity contribution < 1.29 is 29.0 Å². The highest BCUT2D eigenvalue weighted by atomic mass is 16.6. The Morgan fingerprint density at radius 1 is 1.42 bits per heavy atom. The van der Waals surface area contributed by atoms with E-state index in [0.717, 1.165) is 5.57 Å². The molecule has 1 N–H and O–H groups in total. The lowest BCUT2D eigenvalue weighted by Crippen LogP contribution is -2.55. The number of aliphatic hydroxyl groups is 1. The van der Waals surface area contributed by atoms with E-state index in [-0.39, 0.29) is 11.1 Å². The highest BCUT2D eigenvalue weighted by molar-refractivity contribution is 6.04. The second-order valence-electron chi connectivity index (χ2n) is 6.69. The van der Waals surface area contributed by atoms with Crippen molar-refractivity contribution in [2.24, 2.45) is 0 Å². The first-order valence-electron chi connectivity index (χ1n) is 8.47. The molecule has 1 aliphatic heterocycles. The molecular formula is C20H24O6. The van der Waals surface area contributed by atoms with E-state index in [1.165, 1.54) is 13.0 Å². The van der Waals surface area contributed by atoms with Gasteiger partial charge in [0.05, 0.1) is 5.57 Å². The molecule has 0 bridgehead atoms. The molecule has 1 fully saturated rings. The second-order valence-corrected chi connectivity index (χ2v) is 6.69. The summed E-state index contributed by atoms with van der Waals surface area (Å²) in [5.41, 5.74) is -0.964. The summed E-state index contributed by atoms with van der Waals surface area (Å²) in [6.07, 6.45) is 3.31. The Morgan fingerprint density at radius 2 is 2.08 bits per heavy atom. The number of fused-ring (bicyclic) bond motifs is 1. The Bertz CT molecular complexity index is 754. The lowest BCUT2D eigenvalue weighted by Gasteiger charge is -2.34. The Kier molecular flexibility index (Phi) is 5.66. The van der Waals surface area contributed by atoms with Crippen LogP contribution >= 0.6 is 0 Å². The third-order valence-corrected chi connectivity index (χ3v) is 4.83. The largest absolute Gasteiger partial charge is 0.451 e. The Hall–Kier alpha value is -2.47. The maximum absolute atomic E-state index is 12.9. The number of carbonyl (C=O) groups is 3. The lowest BCUT2D eigenvalue weighted by atomic mass is 9.80. The van der Waals surface area contributed by atoms with Crippen LogP contribution < -0.4 is 0 Å². The molecule has 0 spiro atoms.